The van der Waals surface area contributed by atoms with Gasteiger partial charge in [-0.05, 0) is 24.7 Å². The topological polar surface area (TPSA) is 49.3 Å². The third-order valence-corrected chi connectivity index (χ3v) is 3.91. The number of hydrogen-bond acceptors (Lipinski definition) is 3. The molecule has 1 aliphatic rings. The smallest absolute Gasteiger partial charge is 0.191 e. The van der Waals surface area contributed by atoms with Crippen molar-refractivity contribution in [3.05, 3.63) is 16.1 Å². The Kier molecular flexibility index (Phi) is 4.58. The molecule has 1 aromatic rings. The van der Waals surface area contributed by atoms with Gasteiger partial charge in [0.05, 0.1) is 12.2 Å². The monoisotopic (exact) mass is 266 g/mol. The zero-order valence-electron chi connectivity index (χ0n) is 11.4. The van der Waals surface area contributed by atoms with Crippen molar-refractivity contribution in [2.45, 2.75) is 39.2 Å². The molecule has 0 bridgehead atoms. The molecular weight excluding hydrogens is 244 g/mol. The first-order chi connectivity index (χ1) is 8.69. The van der Waals surface area contributed by atoms with E-state index in [1.807, 2.05) is 7.05 Å². The van der Waals surface area contributed by atoms with Crippen molar-refractivity contribution in [1.82, 2.24) is 15.6 Å². The first-order valence-electron chi connectivity index (χ1n) is 6.58. The minimum absolute atomic E-state index is 0.502. The van der Waals surface area contributed by atoms with E-state index in [-0.39, 0.29) is 0 Å². The number of aromatic nitrogens is 1. The highest BCUT2D eigenvalue weighted by Crippen LogP contribution is 2.27. The molecule has 2 N–H and O–H groups in total. The fraction of sp³-hybridized carbons (Fsp3) is 0.692. The van der Waals surface area contributed by atoms with Crippen molar-refractivity contribution in [1.29, 1.82) is 0 Å². The Morgan fingerprint density at radius 1 is 1.50 bits per heavy atom. The van der Waals surface area contributed by atoms with Gasteiger partial charge in [-0.1, -0.05) is 13.8 Å². The standard InChI is InChI=1S/C13H22N4S/c1-9(2)11-8-18-12(17-11)7-16-13(14-3)15-6-10-4-5-10/h8-10H,4-7H2,1-3H3,(H2,14,15,16). The summed E-state index contributed by atoms with van der Waals surface area (Å²) in [6.07, 6.45) is 2.71. The Hall–Kier alpha value is -1.10. The van der Waals surface area contributed by atoms with Crippen LogP contribution in [0.1, 0.15) is 43.3 Å². The lowest BCUT2D eigenvalue weighted by atomic mass is 10.2. The number of nitrogens with one attached hydrogen (secondary N) is 2. The van der Waals surface area contributed by atoms with Crippen LogP contribution in [-0.4, -0.2) is 24.5 Å². The summed E-state index contributed by atoms with van der Waals surface area (Å²) in [5.74, 6) is 2.24. The molecule has 0 amide bonds. The molecule has 0 unspecified atom stereocenters. The van der Waals surface area contributed by atoms with Crippen LogP contribution >= 0.6 is 11.3 Å². The van der Waals surface area contributed by atoms with E-state index in [0.717, 1.165) is 30.0 Å². The summed E-state index contributed by atoms with van der Waals surface area (Å²) in [6.45, 7) is 6.13. The van der Waals surface area contributed by atoms with Crippen molar-refractivity contribution < 1.29 is 0 Å². The zero-order valence-corrected chi connectivity index (χ0v) is 12.2. The van der Waals surface area contributed by atoms with Crippen LogP contribution in [0.2, 0.25) is 0 Å². The molecule has 1 aliphatic carbocycles. The minimum atomic E-state index is 0.502. The predicted molar refractivity (Wildman–Crippen MR) is 77.1 cm³/mol. The molecule has 0 radical (unpaired) electrons. The van der Waals surface area contributed by atoms with Gasteiger partial charge in [-0.2, -0.15) is 0 Å². The van der Waals surface area contributed by atoms with E-state index in [2.05, 4.69) is 39.8 Å². The van der Waals surface area contributed by atoms with Crippen molar-refractivity contribution in [3.8, 4) is 0 Å². The third-order valence-electron chi connectivity index (χ3n) is 3.05. The second kappa shape index (κ2) is 6.18. The van der Waals surface area contributed by atoms with Gasteiger partial charge in [0.25, 0.3) is 0 Å². The molecule has 1 saturated carbocycles. The molecule has 0 spiro atoms. The molecule has 5 heteroatoms. The quantitative estimate of drug-likeness (QED) is 0.635. The second-order valence-corrected chi connectivity index (χ2v) is 6.01. The van der Waals surface area contributed by atoms with Crippen LogP contribution in [-0.2, 0) is 6.54 Å². The fourth-order valence-corrected chi connectivity index (χ4v) is 2.51. The van der Waals surface area contributed by atoms with Crippen molar-refractivity contribution in [2.24, 2.45) is 10.9 Å². The Bertz CT molecular complexity index is 407. The highest BCUT2D eigenvalue weighted by molar-refractivity contribution is 7.09. The van der Waals surface area contributed by atoms with Crippen LogP contribution in [0.15, 0.2) is 10.4 Å². The first kappa shape index (κ1) is 13.3. The van der Waals surface area contributed by atoms with Crippen LogP contribution < -0.4 is 10.6 Å². The van der Waals surface area contributed by atoms with E-state index in [0.29, 0.717) is 5.92 Å². The molecular formula is C13H22N4S. The summed E-state index contributed by atoms with van der Waals surface area (Å²) in [7, 11) is 1.81. The van der Waals surface area contributed by atoms with E-state index < -0.39 is 0 Å². The summed E-state index contributed by atoms with van der Waals surface area (Å²) in [4.78, 5) is 8.81. The molecule has 1 heterocycles. The van der Waals surface area contributed by atoms with E-state index in [1.54, 1.807) is 11.3 Å². The highest BCUT2D eigenvalue weighted by Gasteiger charge is 2.21. The lowest BCUT2D eigenvalue weighted by molar-refractivity contribution is 0.734. The molecule has 0 saturated heterocycles. The van der Waals surface area contributed by atoms with E-state index in [9.17, 15) is 0 Å². The second-order valence-electron chi connectivity index (χ2n) is 5.07. The molecule has 0 atom stereocenters. The van der Waals surface area contributed by atoms with Gasteiger partial charge in [-0.15, -0.1) is 11.3 Å². The normalized spacial score (nSPS) is 16.1. The van der Waals surface area contributed by atoms with Gasteiger partial charge in [0.2, 0.25) is 0 Å². The highest BCUT2D eigenvalue weighted by atomic mass is 32.1. The lowest BCUT2D eigenvalue weighted by Gasteiger charge is -2.10. The number of thiazole rings is 1. The van der Waals surface area contributed by atoms with Gasteiger partial charge in [-0.3, -0.25) is 4.99 Å². The number of aliphatic imine (C=N–C) groups is 1. The predicted octanol–water partition coefficient (Wildman–Crippen LogP) is 2.34. The van der Waals surface area contributed by atoms with Crippen molar-refractivity contribution in [3.63, 3.8) is 0 Å². The van der Waals surface area contributed by atoms with Gasteiger partial charge in [0.15, 0.2) is 5.96 Å². The Balaban J connectivity index is 1.77. The number of nitrogens with zero attached hydrogens (tertiary/aromatic N) is 2. The molecule has 1 fully saturated rings. The minimum Gasteiger partial charge on any atom is -0.356 e. The summed E-state index contributed by atoms with van der Waals surface area (Å²) < 4.78 is 0. The van der Waals surface area contributed by atoms with Crippen LogP contribution in [0, 0.1) is 5.92 Å². The van der Waals surface area contributed by atoms with Crippen LogP contribution in [0.4, 0.5) is 0 Å². The molecule has 2 rings (SSSR count). The summed E-state index contributed by atoms with van der Waals surface area (Å²) in [6, 6.07) is 0. The lowest BCUT2D eigenvalue weighted by Crippen LogP contribution is -2.37. The average Bonchev–Trinajstić information content (AvgIpc) is 3.05. The maximum atomic E-state index is 4.60. The van der Waals surface area contributed by atoms with E-state index in [4.69, 9.17) is 0 Å². The summed E-state index contributed by atoms with van der Waals surface area (Å²) >= 11 is 1.71. The molecule has 4 nitrogen and oxygen atoms in total. The van der Waals surface area contributed by atoms with Crippen LogP contribution in [0.25, 0.3) is 0 Å². The number of rotatable bonds is 5. The van der Waals surface area contributed by atoms with Gasteiger partial charge in [-0.25, -0.2) is 4.98 Å². The SMILES string of the molecule is CN=C(NCc1nc(C(C)C)cs1)NCC1CC1. The Morgan fingerprint density at radius 3 is 2.83 bits per heavy atom. The fourth-order valence-electron chi connectivity index (χ4n) is 1.61. The maximum Gasteiger partial charge on any atom is 0.191 e. The molecule has 0 aliphatic heterocycles. The average molecular weight is 266 g/mol. The summed E-state index contributed by atoms with van der Waals surface area (Å²) in [5, 5.41) is 9.91. The van der Waals surface area contributed by atoms with E-state index in [1.165, 1.54) is 18.5 Å². The van der Waals surface area contributed by atoms with Crippen molar-refractivity contribution in [2.75, 3.05) is 13.6 Å². The number of guanidine groups is 1. The molecule has 100 valence electrons. The maximum absolute atomic E-state index is 4.60. The zero-order chi connectivity index (χ0) is 13.0. The molecule has 0 aromatic carbocycles. The Morgan fingerprint density at radius 2 is 2.28 bits per heavy atom. The van der Waals surface area contributed by atoms with Gasteiger partial charge in [0, 0.05) is 19.0 Å². The van der Waals surface area contributed by atoms with Gasteiger partial charge in [0.1, 0.15) is 5.01 Å². The Labute approximate surface area is 113 Å². The van der Waals surface area contributed by atoms with Crippen molar-refractivity contribution >= 4 is 17.3 Å². The van der Waals surface area contributed by atoms with Gasteiger partial charge < -0.3 is 10.6 Å². The van der Waals surface area contributed by atoms with Crippen LogP contribution in [0.3, 0.4) is 0 Å². The van der Waals surface area contributed by atoms with Gasteiger partial charge >= 0.3 is 0 Å². The largest absolute Gasteiger partial charge is 0.356 e. The van der Waals surface area contributed by atoms with Crippen LogP contribution in [0.5, 0.6) is 0 Å². The first-order valence-corrected chi connectivity index (χ1v) is 7.45. The number of hydrogen-bond donors (Lipinski definition) is 2. The third kappa shape index (κ3) is 3.98. The summed E-state index contributed by atoms with van der Waals surface area (Å²) in [5.41, 5.74) is 1.18. The van der Waals surface area contributed by atoms with E-state index >= 15 is 0 Å². The molecule has 1 aromatic heterocycles. The molecule has 18 heavy (non-hydrogen) atoms.